The Balaban J connectivity index is 3.94. The Labute approximate surface area is 110 Å². The molecule has 0 aliphatic carbocycles. The van der Waals surface area contributed by atoms with Crippen LogP contribution in [0.1, 0.15) is 46.5 Å². The summed E-state index contributed by atoms with van der Waals surface area (Å²) in [4.78, 5) is 9.01. The lowest BCUT2D eigenvalue weighted by Crippen LogP contribution is -2.24. The number of ether oxygens (including phenoxy) is 2. The molecule has 6 heteroatoms. The van der Waals surface area contributed by atoms with Crippen molar-refractivity contribution in [2.24, 2.45) is 0 Å². The molecule has 3 unspecified atom stereocenters. The van der Waals surface area contributed by atoms with Crippen molar-refractivity contribution in [3.05, 3.63) is 0 Å². The molecule has 0 rings (SSSR count). The topological polar surface area (TPSA) is 65.0 Å². The molecule has 0 aromatic rings. The van der Waals surface area contributed by atoms with E-state index in [-0.39, 0.29) is 19.0 Å². The predicted octanol–water partition coefficient (Wildman–Crippen LogP) is 3.17. The summed E-state index contributed by atoms with van der Waals surface area (Å²) in [6.45, 7) is 7.93. The lowest BCUT2D eigenvalue weighted by molar-refractivity contribution is -0.171. The Morgan fingerprint density at radius 1 is 1.28 bits per heavy atom. The highest BCUT2D eigenvalue weighted by atomic mass is 31.2. The van der Waals surface area contributed by atoms with E-state index in [0.717, 1.165) is 19.3 Å². The Bertz CT molecular complexity index is 241. The maximum atomic E-state index is 11.0. The van der Waals surface area contributed by atoms with Gasteiger partial charge in [0.25, 0.3) is 0 Å². The second kappa shape index (κ2) is 9.93. The van der Waals surface area contributed by atoms with E-state index >= 15 is 0 Å². The van der Waals surface area contributed by atoms with Gasteiger partial charge in [-0.15, -0.1) is 0 Å². The summed E-state index contributed by atoms with van der Waals surface area (Å²) in [5.74, 6) is 0. The van der Waals surface area contributed by atoms with Crippen LogP contribution in [-0.4, -0.2) is 37.2 Å². The fourth-order valence-electron chi connectivity index (χ4n) is 1.51. The monoisotopic (exact) mass is 282 g/mol. The molecule has 1 N–H and O–H groups in total. The van der Waals surface area contributed by atoms with Gasteiger partial charge in [-0.05, 0) is 20.3 Å². The number of rotatable bonds is 11. The standard InChI is InChI=1S/C12H27O5P/c1-5-7-8-11(3)17-12(15-6-2)9-10-16-18(4,13)14/h11-12H,5-10H2,1-4H3,(H,13,14). The van der Waals surface area contributed by atoms with Crippen molar-refractivity contribution < 1.29 is 23.5 Å². The van der Waals surface area contributed by atoms with Crippen LogP contribution in [0, 0.1) is 0 Å². The molecule has 0 bridgehead atoms. The van der Waals surface area contributed by atoms with Gasteiger partial charge in [-0.1, -0.05) is 19.8 Å². The SMILES string of the molecule is CCCCC(C)OC(CCOP(C)(=O)O)OCC. The molecule has 0 fully saturated rings. The summed E-state index contributed by atoms with van der Waals surface area (Å²) in [6.07, 6.45) is 3.48. The largest absolute Gasteiger partial charge is 0.353 e. The molecule has 0 radical (unpaired) electrons. The molecule has 0 spiro atoms. The van der Waals surface area contributed by atoms with E-state index in [9.17, 15) is 4.57 Å². The zero-order chi connectivity index (χ0) is 14.0. The van der Waals surface area contributed by atoms with Gasteiger partial charge in [-0.3, -0.25) is 4.57 Å². The summed E-state index contributed by atoms with van der Waals surface area (Å²) in [5.41, 5.74) is 0. The lowest BCUT2D eigenvalue weighted by Gasteiger charge is -2.22. The first-order valence-corrected chi connectivity index (χ1v) is 8.63. The number of hydrogen-bond acceptors (Lipinski definition) is 4. The highest BCUT2D eigenvalue weighted by Crippen LogP contribution is 2.36. The van der Waals surface area contributed by atoms with Crippen LogP contribution in [-0.2, 0) is 18.6 Å². The van der Waals surface area contributed by atoms with Gasteiger partial charge < -0.3 is 18.9 Å². The van der Waals surface area contributed by atoms with Gasteiger partial charge in [0.2, 0.25) is 0 Å². The summed E-state index contributed by atoms with van der Waals surface area (Å²) < 4.78 is 27.0. The molecular weight excluding hydrogens is 255 g/mol. The van der Waals surface area contributed by atoms with Crippen molar-refractivity contribution in [3.8, 4) is 0 Å². The van der Waals surface area contributed by atoms with Crippen LogP contribution in [0.5, 0.6) is 0 Å². The average molecular weight is 282 g/mol. The summed E-state index contributed by atoms with van der Waals surface area (Å²) in [5, 5.41) is 0. The third-order valence-electron chi connectivity index (χ3n) is 2.39. The average Bonchev–Trinajstić information content (AvgIpc) is 2.24. The van der Waals surface area contributed by atoms with Crippen LogP contribution in [0.25, 0.3) is 0 Å². The minimum atomic E-state index is -3.40. The van der Waals surface area contributed by atoms with Crippen LogP contribution in [0.2, 0.25) is 0 Å². The van der Waals surface area contributed by atoms with Gasteiger partial charge >= 0.3 is 7.60 Å². The fraction of sp³-hybridized carbons (Fsp3) is 1.00. The highest BCUT2D eigenvalue weighted by Gasteiger charge is 2.16. The predicted molar refractivity (Wildman–Crippen MR) is 71.8 cm³/mol. The van der Waals surface area contributed by atoms with Gasteiger partial charge in [-0.2, -0.15) is 0 Å². The van der Waals surface area contributed by atoms with E-state index in [1.807, 2.05) is 13.8 Å². The van der Waals surface area contributed by atoms with Crippen LogP contribution in [0.4, 0.5) is 0 Å². The van der Waals surface area contributed by atoms with Crippen molar-refractivity contribution in [3.63, 3.8) is 0 Å². The molecule has 0 aromatic carbocycles. The van der Waals surface area contributed by atoms with E-state index in [1.54, 1.807) is 0 Å². The van der Waals surface area contributed by atoms with Crippen LogP contribution in [0.15, 0.2) is 0 Å². The summed E-state index contributed by atoms with van der Waals surface area (Å²) in [7, 11) is -3.40. The van der Waals surface area contributed by atoms with E-state index in [1.165, 1.54) is 6.66 Å². The van der Waals surface area contributed by atoms with Crippen molar-refractivity contribution >= 4 is 7.60 Å². The second-order valence-corrected chi connectivity index (χ2v) is 6.26. The first-order chi connectivity index (χ1) is 8.39. The Morgan fingerprint density at radius 2 is 1.94 bits per heavy atom. The van der Waals surface area contributed by atoms with Gasteiger partial charge in [0.05, 0.1) is 12.7 Å². The van der Waals surface area contributed by atoms with E-state index in [0.29, 0.717) is 13.0 Å². The fourth-order valence-corrected chi connectivity index (χ4v) is 1.96. The molecule has 3 atom stereocenters. The molecule has 0 amide bonds. The second-order valence-electron chi connectivity index (χ2n) is 4.40. The van der Waals surface area contributed by atoms with Crippen molar-refractivity contribution in [1.29, 1.82) is 0 Å². The Kier molecular flexibility index (Phi) is 9.97. The van der Waals surface area contributed by atoms with Crippen LogP contribution < -0.4 is 0 Å². The van der Waals surface area contributed by atoms with Crippen LogP contribution >= 0.6 is 7.60 Å². The van der Waals surface area contributed by atoms with Crippen LogP contribution in [0.3, 0.4) is 0 Å². The zero-order valence-corrected chi connectivity index (χ0v) is 12.8. The zero-order valence-electron chi connectivity index (χ0n) is 11.9. The highest BCUT2D eigenvalue weighted by molar-refractivity contribution is 7.51. The van der Waals surface area contributed by atoms with Gasteiger partial charge in [0.15, 0.2) is 6.29 Å². The Hall–Kier alpha value is 0.0700. The number of unbranched alkanes of at least 4 members (excludes halogenated alkanes) is 1. The first kappa shape index (κ1) is 18.1. The van der Waals surface area contributed by atoms with Crippen molar-refractivity contribution in [1.82, 2.24) is 0 Å². The third kappa shape index (κ3) is 11.2. The van der Waals surface area contributed by atoms with Crippen molar-refractivity contribution in [2.75, 3.05) is 19.9 Å². The molecular formula is C12H27O5P. The lowest BCUT2D eigenvalue weighted by atomic mass is 10.2. The minimum Gasteiger partial charge on any atom is -0.353 e. The summed E-state index contributed by atoms with van der Waals surface area (Å²) >= 11 is 0. The van der Waals surface area contributed by atoms with Gasteiger partial charge in [0.1, 0.15) is 0 Å². The smallest absolute Gasteiger partial charge is 0.325 e. The quantitative estimate of drug-likeness (QED) is 0.466. The van der Waals surface area contributed by atoms with E-state index in [2.05, 4.69) is 6.92 Å². The molecule has 0 heterocycles. The minimum absolute atomic E-state index is 0.129. The molecule has 0 aromatic heterocycles. The van der Waals surface area contributed by atoms with Gasteiger partial charge in [-0.25, -0.2) is 0 Å². The molecule has 18 heavy (non-hydrogen) atoms. The third-order valence-corrected chi connectivity index (χ3v) is 3.05. The molecule has 0 aliphatic rings. The molecule has 0 saturated heterocycles. The maximum Gasteiger partial charge on any atom is 0.325 e. The van der Waals surface area contributed by atoms with Gasteiger partial charge in [0, 0.05) is 19.7 Å². The molecule has 110 valence electrons. The first-order valence-electron chi connectivity index (χ1n) is 6.60. The summed E-state index contributed by atoms with van der Waals surface area (Å²) in [6, 6.07) is 0. The molecule has 0 saturated carbocycles. The number of hydrogen-bond donors (Lipinski definition) is 1. The van der Waals surface area contributed by atoms with Crippen molar-refractivity contribution in [2.45, 2.75) is 58.8 Å². The van der Waals surface area contributed by atoms with E-state index in [4.69, 9.17) is 18.9 Å². The normalized spacial score (nSPS) is 18.3. The maximum absolute atomic E-state index is 11.0. The Morgan fingerprint density at radius 3 is 2.44 bits per heavy atom. The van der Waals surface area contributed by atoms with E-state index < -0.39 is 7.60 Å². The molecule has 5 nitrogen and oxygen atoms in total. The molecule has 0 aliphatic heterocycles.